The summed E-state index contributed by atoms with van der Waals surface area (Å²) in [4.78, 5) is 11.3. The normalized spacial score (nSPS) is 21.9. The zero-order chi connectivity index (χ0) is 10.2. The molecule has 4 nitrogen and oxygen atoms in total. The van der Waals surface area contributed by atoms with E-state index in [4.69, 9.17) is 4.74 Å². The van der Waals surface area contributed by atoms with Crippen LogP contribution in [0.3, 0.4) is 0 Å². The monoisotopic (exact) mass is 200 g/mol. The average molecular weight is 200 g/mol. The third kappa shape index (κ3) is 4.58. The molecule has 1 saturated heterocycles. The van der Waals surface area contributed by atoms with Crippen LogP contribution < -0.4 is 10.6 Å². The van der Waals surface area contributed by atoms with Crippen LogP contribution in [0.4, 0.5) is 0 Å². The van der Waals surface area contributed by atoms with Crippen LogP contribution >= 0.6 is 0 Å². The largest absolute Gasteiger partial charge is 0.372 e. The van der Waals surface area contributed by atoms with Crippen LogP contribution in [0.5, 0.6) is 0 Å². The molecule has 1 rings (SSSR count). The Morgan fingerprint density at radius 2 is 2.50 bits per heavy atom. The van der Waals surface area contributed by atoms with Gasteiger partial charge in [-0.3, -0.25) is 4.79 Å². The maximum atomic E-state index is 11.3. The van der Waals surface area contributed by atoms with Gasteiger partial charge in [0.2, 0.25) is 5.91 Å². The first kappa shape index (κ1) is 11.5. The predicted molar refractivity (Wildman–Crippen MR) is 55.1 cm³/mol. The Hall–Kier alpha value is -0.610. The lowest BCUT2D eigenvalue weighted by atomic mass is 10.1. The lowest BCUT2D eigenvalue weighted by Crippen LogP contribution is -2.46. The Kier molecular flexibility index (Phi) is 5.56. The highest BCUT2D eigenvalue weighted by Crippen LogP contribution is 2.00. The van der Waals surface area contributed by atoms with E-state index in [1.165, 1.54) is 0 Å². The first-order valence-electron chi connectivity index (χ1n) is 5.40. The summed E-state index contributed by atoms with van der Waals surface area (Å²) in [5.74, 6) is 0.00662. The van der Waals surface area contributed by atoms with Crippen molar-refractivity contribution in [2.45, 2.75) is 32.2 Å². The minimum absolute atomic E-state index is 0.00662. The van der Waals surface area contributed by atoms with Crippen molar-refractivity contribution in [3.63, 3.8) is 0 Å². The van der Waals surface area contributed by atoms with Crippen LogP contribution in [0.2, 0.25) is 0 Å². The maximum absolute atomic E-state index is 11.3. The molecule has 0 bridgehead atoms. The molecule has 1 unspecified atom stereocenters. The van der Waals surface area contributed by atoms with E-state index in [0.717, 1.165) is 32.4 Å². The Morgan fingerprint density at radius 1 is 1.64 bits per heavy atom. The maximum Gasteiger partial charge on any atom is 0.246 e. The molecule has 1 heterocycles. The van der Waals surface area contributed by atoms with Crippen molar-refractivity contribution in [2.24, 2.45) is 0 Å². The summed E-state index contributed by atoms with van der Waals surface area (Å²) in [5.41, 5.74) is 0. The quantitative estimate of drug-likeness (QED) is 0.627. The number of rotatable bonds is 5. The van der Waals surface area contributed by atoms with Crippen LogP contribution in [0, 0.1) is 0 Å². The van der Waals surface area contributed by atoms with Crippen LogP contribution in [0.15, 0.2) is 0 Å². The standard InChI is InChI=1S/C10H20N2O2/c1-2-6-14-8-10(13)12-9-4-3-5-11-7-9/h9,11H,2-8H2,1H3,(H,12,13). The molecule has 0 aromatic heterocycles. The third-order valence-electron chi connectivity index (χ3n) is 2.24. The van der Waals surface area contributed by atoms with E-state index in [-0.39, 0.29) is 12.5 Å². The second-order valence-corrected chi connectivity index (χ2v) is 3.66. The first-order valence-corrected chi connectivity index (χ1v) is 5.40. The van der Waals surface area contributed by atoms with E-state index in [1.807, 2.05) is 6.92 Å². The summed E-state index contributed by atoms with van der Waals surface area (Å²) < 4.78 is 5.15. The van der Waals surface area contributed by atoms with Crippen molar-refractivity contribution < 1.29 is 9.53 Å². The number of piperidine rings is 1. The molecule has 2 N–H and O–H groups in total. The zero-order valence-electron chi connectivity index (χ0n) is 8.84. The van der Waals surface area contributed by atoms with Gasteiger partial charge < -0.3 is 15.4 Å². The fourth-order valence-corrected chi connectivity index (χ4v) is 1.55. The van der Waals surface area contributed by atoms with Crippen molar-refractivity contribution in [1.82, 2.24) is 10.6 Å². The van der Waals surface area contributed by atoms with Gasteiger partial charge in [-0.05, 0) is 25.8 Å². The molecule has 0 saturated carbocycles. The fraction of sp³-hybridized carbons (Fsp3) is 0.900. The SMILES string of the molecule is CCCOCC(=O)NC1CCCNC1. The molecule has 1 aliphatic heterocycles. The van der Waals surface area contributed by atoms with Gasteiger partial charge in [-0.25, -0.2) is 0 Å². The lowest BCUT2D eigenvalue weighted by Gasteiger charge is -2.23. The molecular weight excluding hydrogens is 180 g/mol. The van der Waals surface area contributed by atoms with Gasteiger partial charge in [0.05, 0.1) is 0 Å². The summed E-state index contributed by atoms with van der Waals surface area (Å²) >= 11 is 0. The molecule has 1 atom stereocenters. The minimum atomic E-state index is 0.00662. The first-order chi connectivity index (χ1) is 6.83. The number of carbonyl (C=O) groups is 1. The molecule has 1 fully saturated rings. The zero-order valence-corrected chi connectivity index (χ0v) is 8.84. The highest BCUT2D eigenvalue weighted by Gasteiger charge is 2.14. The molecule has 1 aliphatic rings. The molecule has 82 valence electrons. The van der Waals surface area contributed by atoms with E-state index in [1.54, 1.807) is 0 Å². The third-order valence-corrected chi connectivity index (χ3v) is 2.24. The van der Waals surface area contributed by atoms with E-state index < -0.39 is 0 Å². The Balaban J connectivity index is 2.06. The summed E-state index contributed by atoms with van der Waals surface area (Å²) in [7, 11) is 0. The highest BCUT2D eigenvalue weighted by molar-refractivity contribution is 5.77. The van der Waals surface area contributed by atoms with Gasteiger partial charge in [-0.15, -0.1) is 0 Å². The fourth-order valence-electron chi connectivity index (χ4n) is 1.55. The summed E-state index contributed by atoms with van der Waals surface area (Å²) in [5, 5.41) is 6.20. The highest BCUT2D eigenvalue weighted by atomic mass is 16.5. The van der Waals surface area contributed by atoms with Gasteiger partial charge in [0, 0.05) is 19.2 Å². The summed E-state index contributed by atoms with van der Waals surface area (Å²) in [6, 6.07) is 0.293. The molecule has 1 amide bonds. The number of ether oxygens (including phenoxy) is 1. The average Bonchev–Trinajstić information content (AvgIpc) is 2.20. The molecule has 0 aliphatic carbocycles. The van der Waals surface area contributed by atoms with Crippen LogP contribution in [0.25, 0.3) is 0 Å². The van der Waals surface area contributed by atoms with Crippen molar-refractivity contribution in [3.8, 4) is 0 Å². The van der Waals surface area contributed by atoms with Gasteiger partial charge in [-0.2, -0.15) is 0 Å². The number of hydrogen-bond acceptors (Lipinski definition) is 3. The molecule has 0 aromatic carbocycles. The van der Waals surface area contributed by atoms with Crippen molar-refractivity contribution in [1.29, 1.82) is 0 Å². The molecule has 4 heteroatoms. The molecular formula is C10H20N2O2. The van der Waals surface area contributed by atoms with Crippen molar-refractivity contribution in [2.75, 3.05) is 26.3 Å². The van der Waals surface area contributed by atoms with E-state index in [9.17, 15) is 4.79 Å². The second kappa shape index (κ2) is 6.79. The molecule has 0 radical (unpaired) electrons. The lowest BCUT2D eigenvalue weighted by molar-refractivity contribution is -0.126. The Bertz CT molecular complexity index is 168. The van der Waals surface area contributed by atoms with Gasteiger partial charge in [-0.1, -0.05) is 6.92 Å². The smallest absolute Gasteiger partial charge is 0.246 e. The van der Waals surface area contributed by atoms with E-state index in [0.29, 0.717) is 12.6 Å². The minimum Gasteiger partial charge on any atom is -0.372 e. The van der Waals surface area contributed by atoms with E-state index >= 15 is 0 Å². The van der Waals surface area contributed by atoms with Gasteiger partial charge in [0.15, 0.2) is 0 Å². The van der Waals surface area contributed by atoms with Crippen molar-refractivity contribution in [3.05, 3.63) is 0 Å². The van der Waals surface area contributed by atoms with Crippen LogP contribution in [-0.4, -0.2) is 38.3 Å². The topological polar surface area (TPSA) is 50.4 Å². The molecule has 14 heavy (non-hydrogen) atoms. The van der Waals surface area contributed by atoms with E-state index in [2.05, 4.69) is 10.6 Å². The summed E-state index contributed by atoms with van der Waals surface area (Å²) in [6.07, 6.45) is 3.17. The molecule has 0 aromatic rings. The van der Waals surface area contributed by atoms with Crippen LogP contribution in [-0.2, 0) is 9.53 Å². The number of carbonyl (C=O) groups excluding carboxylic acids is 1. The van der Waals surface area contributed by atoms with Crippen LogP contribution in [0.1, 0.15) is 26.2 Å². The Labute approximate surface area is 85.4 Å². The van der Waals surface area contributed by atoms with Crippen molar-refractivity contribution >= 4 is 5.91 Å². The number of nitrogens with one attached hydrogen (secondary N) is 2. The second-order valence-electron chi connectivity index (χ2n) is 3.66. The van der Waals surface area contributed by atoms with Gasteiger partial charge >= 0.3 is 0 Å². The number of amides is 1. The number of hydrogen-bond donors (Lipinski definition) is 2. The predicted octanol–water partition coefficient (Wildman–Crippen LogP) is 0.281. The van der Waals surface area contributed by atoms with Gasteiger partial charge in [0.25, 0.3) is 0 Å². The summed E-state index contributed by atoms with van der Waals surface area (Å²) in [6.45, 7) is 4.85. The van der Waals surface area contributed by atoms with Gasteiger partial charge in [0.1, 0.15) is 6.61 Å². The Morgan fingerprint density at radius 3 is 3.14 bits per heavy atom. The molecule has 0 spiro atoms.